The lowest BCUT2D eigenvalue weighted by Gasteiger charge is -2.06. The highest BCUT2D eigenvalue weighted by Crippen LogP contribution is 1.90. The highest BCUT2D eigenvalue weighted by atomic mass is 16.5. The summed E-state index contributed by atoms with van der Waals surface area (Å²) in [5.41, 5.74) is 0. The third-order valence-electron chi connectivity index (χ3n) is 2.34. The van der Waals surface area contributed by atoms with Gasteiger partial charge in [-0.15, -0.1) is 0 Å². The Labute approximate surface area is 109 Å². The van der Waals surface area contributed by atoms with Gasteiger partial charge in [0.2, 0.25) is 5.91 Å². The van der Waals surface area contributed by atoms with Crippen LogP contribution in [0.3, 0.4) is 0 Å². The molecule has 0 unspecified atom stereocenters. The summed E-state index contributed by atoms with van der Waals surface area (Å²) in [7, 11) is 0. The smallest absolute Gasteiger partial charge is 0.220 e. The number of carbonyl (C=O) groups excluding carboxylic acids is 2. The Balaban J connectivity index is 3.12. The van der Waals surface area contributed by atoms with E-state index in [4.69, 9.17) is 9.47 Å². The standard InChI is InChI=1S/C13H25NO4/c1-3-5-13(16)14-7-9-18-11-10-17-8-6-12(15)4-2/h3-11H2,1-2H3,(H,14,16). The zero-order chi connectivity index (χ0) is 13.6. The number of hydrogen-bond donors (Lipinski definition) is 1. The number of nitrogens with one attached hydrogen (secondary N) is 1. The first-order chi connectivity index (χ1) is 8.70. The van der Waals surface area contributed by atoms with Crippen LogP contribution in [0.25, 0.3) is 0 Å². The van der Waals surface area contributed by atoms with Gasteiger partial charge in [0, 0.05) is 25.8 Å². The first-order valence-electron chi connectivity index (χ1n) is 6.64. The van der Waals surface area contributed by atoms with Gasteiger partial charge in [-0.3, -0.25) is 9.59 Å². The summed E-state index contributed by atoms with van der Waals surface area (Å²) in [6.45, 7) is 6.28. The third kappa shape index (κ3) is 11.5. The highest BCUT2D eigenvalue weighted by Gasteiger charge is 1.99. The van der Waals surface area contributed by atoms with Gasteiger partial charge in [0.25, 0.3) is 0 Å². The van der Waals surface area contributed by atoms with Crippen LogP contribution in [-0.4, -0.2) is 44.7 Å². The van der Waals surface area contributed by atoms with Gasteiger partial charge in [0.1, 0.15) is 5.78 Å². The molecule has 0 aliphatic rings. The average Bonchev–Trinajstić information content (AvgIpc) is 2.36. The van der Waals surface area contributed by atoms with Crippen LogP contribution in [0, 0.1) is 0 Å². The molecule has 0 fully saturated rings. The van der Waals surface area contributed by atoms with Crippen molar-refractivity contribution < 1.29 is 19.1 Å². The van der Waals surface area contributed by atoms with Gasteiger partial charge in [0.15, 0.2) is 0 Å². The number of rotatable bonds is 12. The molecule has 0 saturated carbocycles. The van der Waals surface area contributed by atoms with Crippen molar-refractivity contribution in [3.8, 4) is 0 Å². The fraction of sp³-hybridized carbons (Fsp3) is 0.846. The van der Waals surface area contributed by atoms with Gasteiger partial charge in [-0.2, -0.15) is 0 Å². The maximum Gasteiger partial charge on any atom is 0.220 e. The second kappa shape index (κ2) is 12.5. The maximum atomic E-state index is 11.1. The molecule has 5 nitrogen and oxygen atoms in total. The average molecular weight is 259 g/mol. The molecule has 0 atom stereocenters. The fourth-order valence-corrected chi connectivity index (χ4v) is 1.26. The van der Waals surface area contributed by atoms with Crippen LogP contribution >= 0.6 is 0 Å². The van der Waals surface area contributed by atoms with E-state index in [1.54, 1.807) is 0 Å². The maximum absolute atomic E-state index is 11.1. The molecule has 0 aliphatic heterocycles. The lowest BCUT2D eigenvalue weighted by atomic mass is 10.2. The Morgan fingerprint density at radius 2 is 1.61 bits per heavy atom. The zero-order valence-electron chi connectivity index (χ0n) is 11.5. The molecule has 1 amide bonds. The molecule has 0 aromatic heterocycles. The van der Waals surface area contributed by atoms with E-state index in [1.807, 2.05) is 13.8 Å². The molecule has 0 aromatic carbocycles. The van der Waals surface area contributed by atoms with Gasteiger partial charge in [-0.1, -0.05) is 13.8 Å². The Morgan fingerprint density at radius 1 is 0.944 bits per heavy atom. The quantitative estimate of drug-likeness (QED) is 0.537. The second-order valence-electron chi connectivity index (χ2n) is 3.97. The predicted octanol–water partition coefficient (Wildman–Crippen LogP) is 1.31. The van der Waals surface area contributed by atoms with E-state index in [0.717, 1.165) is 6.42 Å². The normalized spacial score (nSPS) is 10.3. The summed E-state index contributed by atoms with van der Waals surface area (Å²) in [5.74, 6) is 0.282. The van der Waals surface area contributed by atoms with Gasteiger partial charge >= 0.3 is 0 Å². The number of ketones is 1. The van der Waals surface area contributed by atoms with Crippen LogP contribution in [0.4, 0.5) is 0 Å². The molecule has 0 heterocycles. The largest absolute Gasteiger partial charge is 0.379 e. The molecule has 0 aliphatic carbocycles. The molecule has 18 heavy (non-hydrogen) atoms. The minimum Gasteiger partial charge on any atom is -0.379 e. The summed E-state index contributed by atoms with van der Waals surface area (Å²) in [5, 5.41) is 2.76. The van der Waals surface area contributed by atoms with Gasteiger partial charge < -0.3 is 14.8 Å². The van der Waals surface area contributed by atoms with Gasteiger partial charge in [0.05, 0.1) is 26.4 Å². The summed E-state index contributed by atoms with van der Waals surface area (Å²) in [6.07, 6.45) is 2.46. The van der Waals surface area contributed by atoms with Crippen molar-refractivity contribution in [2.24, 2.45) is 0 Å². The number of hydrogen-bond acceptors (Lipinski definition) is 4. The monoisotopic (exact) mass is 259 g/mol. The van der Waals surface area contributed by atoms with E-state index < -0.39 is 0 Å². The Morgan fingerprint density at radius 3 is 2.22 bits per heavy atom. The lowest BCUT2D eigenvalue weighted by molar-refractivity contribution is -0.121. The number of carbonyl (C=O) groups is 2. The topological polar surface area (TPSA) is 64.6 Å². The van der Waals surface area contributed by atoms with E-state index in [2.05, 4.69) is 5.32 Å². The molecule has 0 radical (unpaired) electrons. The summed E-state index contributed by atoms with van der Waals surface area (Å²) < 4.78 is 10.5. The molecule has 0 bridgehead atoms. The zero-order valence-corrected chi connectivity index (χ0v) is 11.5. The van der Waals surface area contributed by atoms with Crippen LogP contribution < -0.4 is 5.32 Å². The van der Waals surface area contributed by atoms with Crippen molar-refractivity contribution in [3.05, 3.63) is 0 Å². The van der Waals surface area contributed by atoms with Crippen molar-refractivity contribution in [1.82, 2.24) is 5.32 Å². The molecule has 0 saturated heterocycles. The van der Waals surface area contributed by atoms with E-state index in [1.165, 1.54) is 0 Å². The number of ether oxygens (including phenoxy) is 2. The first kappa shape index (κ1) is 17.1. The Hall–Kier alpha value is -0.940. The number of Topliss-reactive ketones (excluding diaryl/α,β-unsaturated/α-hetero) is 1. The molecule has 106 valence electrons. The van der Waals surface area contributed by atoms with Crippen molar-refractivity contribution in [2.75, 3.05) is 33.0 Å². The Bertz CT molecular complexity index is 231. The first-order valence-corrected chi connectivity index (χ1v) is 6.64. The van der Waals surface area contributed by atoms with Crippen molar-refractivity contribution in [2.45, 2.75) is 39.5 Å². The van der Waals surface area contributed by atoms with Crippen LogP contribution in [0.5, 0.6) is 0 Å². The van der Waals surface area contributed by atoms with E-state index in [0.29, 0.717) is 52.2 Å². The SMILES string of the molecule is CCCC(=O)NCCOCCOCCC(=O)CC. The van der Waals surface area contributed by atoms with Crippen molar-refractivity contribution >= 4 is 11.7 Å². The lowest BCUT2D eigenvalue weighted by Crippen LogP contribution is -2.27. The van der Waals surface area contributed by atoms with Crippen LogP contribution in [0.2, 0.25) is 0 Å². The third-order valence-corrected chi connectivity index (χ3v) is 2.34. The molecule has 5 heteroatoms. The molecular formula is C13H25NO4. The molecular weight excluding hydrogens is 234 g/mol. The summed E-state index contributed by atoms with van der Waals surface area (Å²) >= 11 is 0. The fourth-order valence-electron chi connectivity index (χ4n) is 1.26. The van der Waals surface area contributed by atoms with Crippen molar-refractivity contribution in [1.29, 1.82) is 0 Å². The minimum absolute atomic E-state index is 0.0652. The van der Waals surface area contributed by atoms with E-state index in [-0.39, 0.29) is 11.7 Å². The van der Waals surface area contributed by atoms with Crippen LogP contribution in [-0.2, 0) is 19.1 Å². The summed E-state index contributed by atoms with van der Waals surface area (Å²) in [6, 6.07) is 0. The predicted molar refractivity (Wildman–Crippen MR) is 69.5 cm³/mol. The molecule has 0 aromatic rings. The molecule has 0 spiro atoms. The van der Waals surface area contributed by atoms with Crippen LogP contribution in [0.1, 0.15) is 39.5 Å². The van der Waals surface area contributed by atoms with Gasteiger partial charge in [-0.25, -0.2) is 0 Å². The summed E-state index contributed by atoms with van der Waals surface area (Å²) in [4.78, 5) is 22.0. The van der Waals surface area contributed by atoms with Crippen LogP contribution in [0.15, 0.2) is 0 Å². The molecule has 1 N–H and O–H groups in total. The van der Waals surface area contributed by atoms with E-state index >= 15 is 0 Å². The van der Waals surface area contributed by atoms with Gasteiger partial charge in [-0.05, 0) is 6.42 Å². The second-order valence-corrected chi connectivity index (χ2v) is 3.97. The number of amides is 1. The van der Waals surface area contributed by atoms with Crippen molar-refractivity contribution in [3.63, 3.8) is 0 Å². The minimum atomic E-state index is 0.0652. The van der Waals surface area contributed by atoms with E-state index in [9.17, 15) is 9.59 Å². The molecule has 0 rings (SSSR count). The highest BCUT2D eigenvalue weighted by molar-refractivity contribution is 5.78. The Kier molecular flexibility index (Phi) is 11.9.